The second-order valence-corrected chi connectivity index (χ2v) is 8.13. The van der Waals surface area contributed by atoms with Gasteiger partial charge in [0.2, 0.25) is 0 Å². The Morgan fingerprint density at radius 2 is 1.86 bits per heavy atom. The monoisotopic (exact) mass is 319 g/mol. The maximum atomic E-state index is 12.9. The molecule has 0 bridgehead atoms. The van der Waals surface area contributed by atoms with Crippen LogP contribution in [-0.2, 0) is 14.9 Å². The van der Waals surface area contributed by atoms with Crippen LogP contribution in [0.1, 0.15) is 33.1 Å². The minimum atomic E-state index is -3.35. The highest BCUT2D eigenvalue weighted by atomic mass is 32.2. The summed E-state index contributed by atoms with van der Waals surface area (Å²) in [7, 11) is -1.71. The van der Waals surface area contributed by atoms with E-state index in [4.69, 9.17) is 4.74 Å². The first-order valence-electron chi connectivity index (χ1n) is 7.96. The molecule has 0 spiro atoms. The number of hydrogen-bond acceptors (Lipinski definition) is 4. The number of rotatable bonds is 5. The Bertz CT molecular complexity index is 427. The van der Waals surface area contributed by atoms with E-state index in [1.807, 2.05) is 0 Å². The molecule has 1 unspecified atom stereocenters. The summed E-state index contributed by atoms with van der Waals surface area (Å²) < 4.78 is 34.3. The Morgan fingerprint density at radius 1 is 1.10 bits per heavy atom. The molecule has 0 amide bonds. The smallest absolute Gasteiger partial charge is 0.282 e. The van der Waals surface area contributed by atoms with E-state index < -0.39 is 10.2 Å². The zero-order valence-corrected chi connectivity index (χ0v) is 14.3. The molecule has 0 aromatic heterocycles. The van der Waals surface area contributed by atoms with Crippen molar-refractivity contribution in [2.45, 2.75) is 45.2 Å². The molecule has 0 saturated carbocycles. The van der Waals surface area contributed by atoms with E-state index in [-0.39, 0.29) is 6.04 Å². The van der Waals surface area contributed by atoms with Crippen molar-refractivity contribution < 1.29 is 13.2 Å². The molecule has 124 valence electrons. The first-order valence-corrected chi connectivity index (χ1v) is 9.36. The van der Waals surface area contributed by atoms with Gasteiger partial charge < -0.3 is 4.74 Å². The van der Waals surface area contributed by atoms with Gasteiger partial charge in [0.1, 0.15) is 0 Å². The predicted molar refractivity (Wildman–Crippen MR) is 83.4 cm³/mol. The summed E-state index contributed by atoms with van der Waals surface area (Å²) in [6, 6.07) is 0.477. The Labute approximate surface area is 129 Å². The lowest BCUT2D eigenvalue weighted by atomic mass is 10.2. The second kappa shape index (κ2) is 7.37. The molecule has 0 radical (unpaired) electrons. The summed E-state index contributed by atoms with van der Waals surface area (Å²) in [6.45, 7) is 8.47. The second-order valence-electron chi connectivity index (χ2n) is 6.25. The molecular formula is C14H29N3O3S. The third-order valence-corrected chi connectivity index (χ3v) is 6.62. The zero-order valence-electron chi connectivity index (χ0n) is 13.5. The molecule has 0 aliphatic carbocycles. The van der Waals surface area contributed by atoms with E-state index in [0.29, 0.717) is 32.3 Å². The molecule has 2 aliphatic heterocycles. The van der Waals surface area contributed by atoms with E-state index in [0.717, 1.165) is 32.4 Å². The van der Waals surface area contributed by atoms with Gasteiger partial charge in [0.15, 0.2) is 0 Å². The van der Waals surface area contributed by atoms with Crippen molar-refractivity contribution in [1.82, 2.24) is 13.5 Å². The van der Waals surface area contributed by atoms with Crippen LogP contribution in [0.3, 0.4) is 0 Å². The van der Waals surface area contributed by atoms with Crippen molar-refractivity contribution >= 4 is 10.2 Å². The standard InChI is InChI=1S/C14H29N3O3S/c1-13(2)15-7-5-8-16(11-10-15)21(18,19)17-9-4-6-14(17)12-20-3/h13-14H,4-12H2,1-3H3. The zero-order chi connectivity index (χ0) is 15.5. The fourth-order valence-corrected chi connectivity index (χ4v) is 5.15. The van der Waals surface area contributed by atoms with Crippen LogP contribution in [0.4, 0.5) is 0 Å². The van der Waals surface area contributed by atoms with Crippen LogP contribution in [0.5, 0.6) is 0 Å². The van der Waals surface area contributed by atoms with Crippen LogP contribution >= 0.6 is 0 Å². The lowest BCUT2D eigenvalue weighted by Gasteiger charge is -2.30. The SMILES string of the molecule is COCC1CCCN1S(=O)(=O)N1CCCN(C(C)C)CC1. The fraction of sp³-hybridized carbons (Fsp3) is 1.00. The van der Waals surface area contributed by atoms with Crippen molar-refractivity contribution in [2.24, 2.45) is 0 Å². The molecule has 2 aliphatic rings. The van der Waals surface area contributed by atoms with Crippen molar-refractivity contribution in [2.75, 3.05) is 46.4 Å². The lowest BCUT2D eigenvalue weighted by Crippen LogP contribution is -2.48. The molecule has 1 atom stereocenters. The van der Waals surface area contributed by atoms with E-state index in [1.54, 1.807) is 15.7 Å². The molecule has 6 nitrogen and oxygen atoms in total. The molecule has 2 heterocycles. The van der Waals surface area contributed by atoms with Gasteiger partial charge in [-0.3, -0.25) is 4.90 Å². The summed E-state index contributed by atoms with van der Waals surface area (Å²) in [5, 5.41) is 0. The first-order chi connectivity index (χ1) is 9.96. The Kier molecular flexibility index (Phi) is 6.02. The first kappa shape index (κ1) is 17.1. The molecule has 2 rings (SSSR count). The van der Waals surface area contributed by atoms with Crippen molar-refractivity contribution in [3.63, 3.8) is 0 Å². The minimum Gasteiger partial charge on any atom is -0.383 e. The van der Waals surface area contributed by atoms with Crippen LogP contribution in [0.2, 0.25) is 0 Å². The van der Waals surface area contributed by atoms with E-state index in [9.17, 15) is 8.42 Å². The highest BCUT2D eigenvalue weighted by Gasteiger charge is 2.38. The summed E-state index contributed by atoms with van der Waals surface area (Å²) in [5.74, 6) is 0. The fourth-order valence-electron chi connectivity index (χ4n) is 3.28. The average molecular weight is 319 g/mol. The molecule has 2 fully saturated rings. The van der Waals surface area contributed by atoms with E-state index in [1.165, 1.54) is 0 Å². The number of nitrogens with zero attached hydrogens (tertiary/aromatic N) is 3. The predicted octanol–water partition coefficient (Wildman–Crippen LogP) is 0.758. The van der Waals surface area contributed by atoms with Gasteiger partial charge in [0.05, 0.1) is 6.61 Å². The molecule has 7 heteroatoms. The maximum Gasteiger partial charge on any atom is 0.282 e. The Morgan fingerprint density at radius 3 is 2.52 bits per heavy atom. The average Bonchev–Trinajstić information content (AvgIpc) is 2.74. The van der Waals surface area contributed by atoms with Gasteiger partial charge in [-0.2, -0.15) is 17.0 Å². The lowest BCUT2D eigenvalue weighted by molar-refractivity contribution is 0.145. The highest BCUT2D eigenvalue weighted by Crippen LogP contribution is 2.24. The topological polar surface area (TPSA) is 53.1 Å². The van der Waals surface area contributed by atoms with Gasteiger partial charge in [-0.25, -0.2) is 0 Å². The Balaban J connectivity index is 2.05. The van der Waals surface area contributed by atoms with Crippen LogP contribution in [-0.4, -0.2) is 80.5 Å². The maximum absolute atomic E-state index is 12.9. The summed E-state index contributed by atoms with van der Waals surface area (Å²) in [5.41, 5.74) is 0. The molecule has 0 aromatic rings. The van der Waals surface area contributed by atoms with Gasteiger partial charge in [0.25, 0.3) is 10.2 Å². The van der Waals surface area contributed by atoms with Crippen LogP contribution < -0.4 is 0 Å². The Hall–Kier alpha value is -0.210. The third-order valence-electron chi connectivity index (χ3n) is 4.52. The molecule has 0 N–H and O–H groups in total. The van der Waals surface area contributed by atoms with E-state index in [2.05, 4.69) is 18.7 Å². The van der Waals surface area contributed by atoms with Gasteiger partial charge in [-0.15, -0.1) is 0 Å². The molecule has 2 saturated heterocycles. The number of methoxy groups -OCH3 is 1. The van der Waals surface area contributed by atoms with Gasteiger partial charge >= 0.3 is 0 Å². The molecular weight excluding hydrogens is 290 g/mol. The van der Waals surface area contributed by atoms with Crippen LogP contribution in [0.25, 0.3) is 0 Å². The number of hydrogen-bond donors (Lipinski definition) is 0. The normalized spacial score (nSPS) is 27.3. The van der Waals surface area contributed by atoms with E-state index >= 15 is 0 Å². The van der Waals surface area contributed by atoms with Gasteiger partial charge in [0, 0.05) is 45.4 Å². The summed E-state index contributed by atoms with van der Waals surface area (Å²) >= 11 is 0. The largest absolute Gasteiger partial charge is 0.383 e. The van der Waals surface area contributed by atoms with Crippen LogP contribution in [0, 0.1) is 0 Å². The van der Waals surface area contributed by atoms with Gasteiger partial charge in [-0.05, 0) is 39.7 Å². The quantitative estimate of drug-likeness (QED) is 0.751. The van der Waals surface area contributed by atoms with Crippen LogP contribution in [0.15, 0.2) is 0 Å². The van der Waals surface area contributed by atoms with Gasteiger partial charge in [-0.1, -0.05) is 0 Å². The highest BCUT2D eigenvalue weighted by molar-refractivity contribution is 7.86. The molecule has 0 aromatic carbocycles. The summed E-state index contributed by atoms with van der Waals surface area (Å²) in [6.07, 6.45) is 2.73. The van der Waals surface area contributed by atoms with Crippen molar-refractivity contribution in [1.29, 1.82) is 0 Å². The number of ether oxygens (including phenoxy) is 1. The molecule has 21 heavy (non-hydrogen) atoms. The third kappa shape index (κ3) is 3.96. The minimum absolute atomic E-state index is 0.00412. The van der Waals surface area contributed by atoms with Crippen molar-refractivity contribution in [3.05, 3.63) is 0 Å². The van der Waals surface area contributed by atoms with Crippen molar-refractivity contribution in [3.8, 4) is 0 Å². The summed E-state index contributed by atoms with van der Waals surface area (Å²) in [4.78, 5) is 2.35.